The predicted octanol–water partition coefficient (Wildman–Crippen LogP) is 5.57. The van der Waals surface area contributed by atoms with Gasteiger partial charge in [0, 0.05) is 36.5 Å². The van der Waals surface area contributed by atoms with Crippen LogP contribution in [-0.2, 0) is 14.3 Å². The van der Waals surface area contributed by atoms with Crippen LogP contribution in [0.2, 0.25) is 0 Å². The normalized spacial score (nSPS) is 10.3. The third-order valence-corrected chi connectivity index (χ3v) is 4.88. The van der Waals surface area contributed by atoms with Gasteiger partial charge in [-0.25, -0.2) is 4.79 Å². The maximum absolute atomic E-state index is 12.4. The molecule has 0 unspecified atom stereocenters. The Morgan fingerprint density at radius 1 is 1.07 bits per heavy atom. The molecule has 1 amide bonds. The predicted molar refractivity (Wildman–Crippen MR) is 126 cm³/mol. The first kappa shape index (κ1) is 25.2. The van der Waals surface area contributed by atoms with E-state index in [0.717, 1.165) is 60.4 Å². The number of anilines is 2. The second kappa shape index (κ2) is 12.7. The largest absolute Gasteiger partial charge is 0.462 e. The summed E-state index contributed by atoms with van der Waals surface area (Å²) >= 11 is 0. The maximum Gasteiger partial charge on any atom is 0.333 e. The van der Waals surface area contributed by atoms with Gasteiger partial charge in [0.1, 0.15) is 0 Å². The maximum atomic E-state index is 12.4. The summed E-state index contributed by atoms with van der Waals surface area (Å²) < 4.78 is 5.16. The quantitative estimate of drug-likeness (QED) is 0.199. The highest BCUT2D eigenvalue weighted by atomic mass is 16.5. The Morgan fingerprint density at radius 2 is 1.77 bits per heavy atom. The van der Waals surface area contributed by atoms with Gasteiger partial charge in [0.25, 0.3) is 0 Å². The summed E-state index contributed by atoms with van der Waals surface area (Å²) in [6.07, 6.45) is 2.69. The molecule has 0 aliphatic rings. The molecule has 0 fully saturated rings. The SMILES string of the molecule is C=C(C)C(=C)CCCC(=O)Nc1cc(N(CC)CCCOC(=O)C(=C)C)ccc1C. The van der Waals surface area contributed by atoms with E-state index in [9.17, 15) is 9.59 Å². The van der Waals surface area contributed by atoms with E-state index in [1.54, 1.807) is 6.92 Å². The summed E-state index contributed by atoms with van der Waals surface area (Å²) in [4.78, 5) is 26.0. The number of amides is 1. The van der Waals surface area contributed by atoms with E-state index >= 15 is 0 Å². The van der Waals surface area contributed by atoms with E-state index in [0.29, 0.717) is 18.6 Å². The standard InChI is InChI=1S/C25H36N2O3/c1-8-27(15-10-16-30-25(29)19(4)5)22-14-13-21(7)23(17-22)26-24(28)12-9-11-20(6)18(2)3/h13-14,17H,2,4,6,8-12,15-16H2,1,3,5,7H3,(H,26,28). The van der Waals surface area contributed by atoms with Gasteiger partial charge in [-0.2, -0.15) is 0 Å². The molecule has 0 spiro atoms. The van der Waals surface area contributed by atoms with Crippen LogP contribution in [0.4, 0.5) is 11.4 Å². The molecule has 1 N–H and O–H groups in total. The van der Waals surface area contributed by atoms with E-state index in [-0.39, 0.29) is 11.9 Å². The van der Waals surface area contributed by atoms with E-state index in [1.807, 2.05) is 32.0 Å². The molecular weight excluding hydrogens is 376 g/mol. The van der Waals surface area contributed by atoms with Crippen molar-refractivity contribution in [2.45, 2.75) is 53.4 Å². The number of nitrogens with one attached hydrogen (secondary N) is 1. The van der Waals surface area contributed by atoms with Crippen molar-refractivity contribution in [1.82, 2.24) is 0 Å². The van der Waals surface area contributed by atoms with Gasteiger partial charge in [0.15, 0.2) is 0 Å². The lowest BCUT2D eigenvalue weighted by atomic mass is 10.0. The molecule has 0 aromatic heterocycles. The number of benzene rings is 1. The van der Waals surface area contributed by atoms with Crippen molar-refractivity contribution in [3.05, 3.63) is 60.2 Å². The molecule has 0 bridgehead atoms. The van der Waals surface area contributed by atoms with Gasteiger partial charge < -0.3 is 15.0 Å². The third kappa shape index (κ3) is 8.68. The Morgan fingerprint density at radius 3 is 2.37 bits per heavy atom. The minimum Gasteiger partial charge on any atom is -0.462 e. The number of allylic oxidation sites excluding steroid dienone is 2. The minimum absolute atomic E-state index is 0.000443. The molecule has 5 nitrogen and oxygen atoms in total. The molecule has 0 aliphatic heterocycles. The summed E-state index contributed by atoms with van der Waals surface area (Å²) in [5.74, 6) is -0.357. The minimum atomic E-state index is -0.356. The van der Waals surface area contributed by atoms with Crippen LogP contribution >= 0.6 is 0 Å². The highest BCUT2D eigenvalue weighted by molar-refractivity contribution is 5.92. The van der Waals surface area contributed by atoms with E-state index in [4.69, 9.17) is 4.74 Å². The Kier molecular flexibility index (Phi) is 10.7. The molecule has 164 valence electrons. The molecular formula is C25H36N2O3. The molecule has 0 aliphatic carbocycles. The second-order valence-electron chi connectivity index (χ2n) is 7.63. The summed E-state index contributed by atoms with van der Waals surface area (Å²) in [5.41, 5.74) is 5.24. The Labute approximate surface area is 181 Å². The fraction of sp³-hybridized carbons (Fsp3) is 0.440. The van der Waals surface area contributed by atoms with Gasteiger partial charge >= 0.3 is 5.97 Å². The van der Waals surface area contributed by atoms with Crippen molar-refractivity contribution in [2.24, 2.45) is 0 Å². The van der Waals surface area contributed by atoms with Crippen LogP contribution in [-0.4, -0.2) is 31.6 Å². The first-order chi connectivity index (χ1) is 14.1. The fourth-order valence-electron chi connectivity index (χ4n) is 2.84. The van der Waals surface area contributed by atoms with Gasteiger partial charge in [0.05, 0.1) is 6.61 Å². The van der Waals surface area contributed by atoms with E-state index in [1.165, 1.54) is 0 Å². The third-order valence-electron chi connectivity index (χ3n) is 4.88. The van der Waals surface area contributed by atoms with Gasteiger partial charge in [-0.1, -0.05) is 36.9 Å². The van der Waals surface area contributed by atoms with Crippen LogP contribution < -0.4 is 10.2 Å². The lowest BCUT2D eigenvalue weighted by Gasteiger charge is -2.24. The average Bonchev–Trinajstić information content (AvgIpc) is 2.69. The van der Waals surface area contributed by atoms with Crippen molar-refractivity contribution in [3.8, 4) is 0 Å². The number of aryl methyl sites for hydroxylation is 1. The molecule has 0 heterocycles. The van der Waals surface area contributed by atoms with Crippen LogP contribution in [0.15, 0.2) is 54.7 Å². The number of hydrogen-bond donors (Lipinski definition) is 1. The van der Waals surface area contributed by atoms with Crippen molar-refractivity contribution < 1.29 is 14.3 Å². The first-order valence-electron chi connectivity index (χ1n) is 10.5. The van der Waals surface area contributed by atoms with Crippen LogP contribution in [0.5, 0.6) is 0 Å². The molecule has 1 aromatic rings. The smallest absolute Gasteiger partial charge is 0.333 e. The molecule has 0 radical (unpaired) electrons. The van der Waals surface area contributed by atoms with E-state index < -0.39 is 0 Å². The van der Waals surface area contributed by atoms with Crippen molar-refractivity contribution in [1.29, 1.82) is 0 Å². The number of esters is 1. The number of nitrogens with zero attached hydrogens (tertiary/aromatic N) is 1. The average molecular weight is 413 g/mol. The Bertz CT molecular complexity index is 796. The van der Waals surface area contributed by atoms with Gasteiger partial charge in [-0.15, -0.1) is 0 Å². The number of carbonyl (C=O) groups excluding carboxylic acids is 2. The van der Waals surface area contributed by atoms with Gasteiger partial charge in [-0.05, 0) is 64.7 Å². The summed E-state index contributed by atoms with van der Waals surface area (Å²) in [6, 6.07) is 6.06. The molecule has 30 heavy (non-hydrogen) atoms. The van der Waals surface area contributed by atoms with Crippen molar-refractivity contribution >= 4 is 23.3 Å². The molecule has 1 aromatic carbocycles. The zero-order valence-electron chi connectivity index (χ0n) is 19.0. The number of ether oxygens (including phenoxy) is 1. The zero-order chi connectivity index (χ0) is 22.7. The molecule has 1 rings (SSSR count). The van der Waals surface area contributed by atoms with E-state index in [2.05, 4.69) is 36.9 Å². The van der Waals surface area contributed by atoms with Crippen molar-refractivity contribution in [2.75, 3.05) is 29.9 Å². The number of hydrogen-bond acceptors (Lipinski definition) is 4. The summed E-state index contributed by atoms with van der Waals surface area (Å²) in [7, 11) is 0. The Hall–Kier alpha value is -2.82. The van der Waals surface area contributed by atoms with Crippen LogP contribution in [0.25, 0.3) is 0 Å². The molecule has 0 saturated heterocycles. The highest BCUT2D eigenvalue weighted by Crippen LogP contribution is 2.24. The molecule has 0 atom stereocenters. The zero-order valence-corrected chi connectivity index (χ0v) is 19.0. The summed E-state index contributed by atoms with van der Waals surface area (Å²) in [6.45, 7) is 21.0. The fourth-order valence-corrected chi connectivity index (χ4v) is 2.84. The van der Waals surface area contributed by atoms with Gasteiger partial charge in [-0.3, -0.25) is 4.79 Å². The monoisotopic (exact) mass is 412 g/mol. The number of carbonyl (C=O) groups is 2. The topological polar surface area (TPSA) is 58.6 Å². The van der Waals surface area contributed by atoms with Crippen molar-refractivity contribution in [3.63, 3.8) is 0 Å². The molecule has 5 heteroatoms. The van der Waals surface area contributed by atoms with Crippen LogP contribution in [0.3, 0.4) is 0 Å². The lowest BCUT2D eigenvalue weighted by molar-refractivity contribution is -0.139. The first-order valence-corrected chi connectivity index (χ1v) is 10.5. The van der Waals surface area contributed by atoms with Crippen LogP contribution in [0.1, 0.15) is 52.0 Å². The number of rotatable bonds is 13. The highest BCUT2D eigenvalue weighted by Gasteiger charge is 2.10. The Balaban J connectivity index is 2.63. The van der Waals surface area contributed by atoms with Crippen LogP contribution in [0, 0.1) is 6.92 Å². The summed E-state index contributed by atoms with van der Waals surface area (Å²) in [5, 5.41) is 3.03. The second-order valence-corrected chi connectivity index (χ2v) is 7.63. The van der Waals surface area contributed by atoms with Gasteiger partial charge in [0.2, 0.25) is 5.91 Å². The lowest BCUT2D eigenvalue weighted by Crippen LogP contribution is -2.25. The molecule has 0 saturated carbocycles.